The Kier molecular flexibility index (Phi) is 4.05. The number of alkyl halides is 2. The molecular weight excluding hydrogens is 338 g/mol. The number of nitrogens with one attached hydrogen (secondary N) is 1. The van der Waals surface area contributed by atoms with Crippen LogP contribution in [0, 0.1) is 13.8 Å². The zero-order chi connectivity index (χ0) is 18.4. The van der Waals surface area contributed by atoms with Gasteiger partial charge < -0.3 is 15.0 Å². The van der Waals surface area contributed by atoms with Crippen LogP contribution in [0.25, 0.3) is 0 Å². The molecule has 0 radical (unpaired) electrons. The Balaban J connectivity index is 1.75. The van der Waals surface area contributed by atoms with Gasteiger partial charge in [0, 0.05) is 11.7 Å². The number of fused-ring (bicyclic) bond motifs is 1. The SMILES string of the molecule is Cc1cc(C2Nc3ccccc3C(=O)N2C2CC2)cc(C)c1OC(F)F. The van der Waals surface area contributed by atoms with E-state index in [0.29, 0.717) is 16.7 Å². The Hall–Kier alpha value is -2.63. The first-order valence-corrected chi connectivity index (χ1v) is 8.70. The minimum absolute atomic E-state index is 0.00932. The van der Waals surface area contributed by atoms with Crippen molar-refractivity contribution in [3.8, 4) is 5.75 Å². The first kappa shape index (κ1) is 16.8. The van der Waals surface area contributed by atoms with E-state index >= 15 is 0 Å². The average Bonchev–Trinajstić information content (AvgIpc) is 3.42. The van der Waals surface area contributed by atoms with Gasteiger partial charge in [-0.05, 0) is 67.6 Å². The molecule has 1 heterocycles. The van der Waals surface area contributed by atoms with Gasteiger partial charge in [-0.3, -0.25) is 4.79 Å². The van der Waals surface area contributed by atoms with Gasteiger partial charge in [-0.2, -0.15) is 8.78 Å². The molecule has 0 saturated heterocycles. The number of carbonyl (C=O) groups excluding carboxylic acids is 1. The van der Waals surface area contributed by atoms with Crippen molar-refractivity contribution in [2.75, 3.05) is 5.32 Å². The van der Waals surface area contributed by atoms with Crippen LogP contribution in [-0.4, -0.2) is 23.5 Å². The summed E-state index contributed by atoms with van der Waals surface area (Å²) in [7, 11) is 0. The van der Waals surface area contributed by atoms with E-state index in [9.17, 15) is 13.6 Å². The lowest BCUT2D eigenvalue weighted by Crippen LogP contribution is -2.44. The third-order valence-corrected chi connectivity index (χ3v) is 4.91. The summed E-state index contributed by atoms with van der Waals surface area (Å²) in [6.07, 6.45) is 1.65. The summed E-state index contributed by atoms with van der Waals surface area (Å²) >= 11 is 0. The molecule has 26 heavy (non-hydrogen) atoms. The monoisotopic (exact) mass is 358 g/mol. The van der Waals surface area contributed by atoms with Crippen LogP contribution < -0.4 is 10.1 Å². The molecule has 6 heteroatoms. The normalized spacial score (nSPS) is 19.3. The van der Waals surface area contributed by atoms with Gasteiger partial charge in [0.25, 0.3) is 5.91 Å². The van der Waals surface area contributed by atoms with Crippen molar-refractivity contribution < 1.29 is 18.3 Å². The van der Waals surface area contributed by atoms with Gasteiger partial charge >= 0.3 is 6.61 Å². The number of para-hydroxylation sites is 1. The van der Waals surface area contributed by atoms with E-state index in [-0.39, 0.29) is 23.9 Å². The number of hydrogen-bond acceptors (Lipinski definition) is 3. The predicted octanol–water partition coefficient (Wildman–Crippen LogP) is 4.63. The number of amides is 1. The summed E-state index contributed by atoms with van der Waals surface area (Å²) in [4.78, 5) is 14.9. The Morgan fingerprint density at radius 2 is 1.81 bits per heavy atom. The standard InChI is InChI=1S/C20H20F2N2O2/c1-11-9-13(10-12(2)17(11)26-20(21)22)18-23-16-6-4-3-5-15(16)19(25)24(18)14-7-8-14/h3-6,9-10,14,18,20,23H,7-8H2,1-2H3. The first-order valence-electron chi connectivity index (χ1n) is 8.70. The van der Waals surface area contributed by atoms with Crippen LogP contribution in [-0.2, 0) is 0 Å². The number of carbonyl (C=O) groups is 1. The number of halogens is 2. The minimum atomic E-state index is -2.86. The molecular formula is C20H20F2N2O2. The molecule has 2 aliphatic rings. The highest BCUT2D eigenvalue weighted by Crippen LogP contribution is 2.42. The smallest absolute Gasteiger partial charge is 0.387 e. The molecule has 1 aliphatic carbocycles. The Morgan fingerprint density at radius 1 is 1.15 bits per heavy atom. The summed E-state index contributed by atoms with van der Waals surface area (Å²) in [6.45, 7) is 0.630. The third-order valence-electron chi connectivity index (χ3n) is 4.91. The van der Waals surface area contributed by atoms with Crippen LogP contribution in [0.1, 0.15) is 46.1 Å². The maximum atomic E-state index is 13.0. The maximum absolute atomic E-state index is 13.0. The molecule has 0 bridgehead atoms. The molecule has 1 N–H and O–H groups in total. The fourth-order valence-corrected chi connectivity index (χ4v) is 3.66. The van der Waals surface area contributed by atoms with E-state index < -0.39 is 6.61 Å². The van der Waals surface area contributed by atoms with Crippen molar-refractivity contribution in [3.05, 3.63) is 58.7 Å². The van der Waals surface area contributed by atoms with Crippen molar-refractivity contribution in [2.24, 2.45) is 0 Å². The van der Waals surface area contributed by atoms with Crippen molar-refractivity contribution in [2.45, 2.75) is 45.5 Å². The largest absolute Gasteiger partial charge is 0.434 e. The highest BCUT2D eigenvalue weighted by molar-refractivity contribution is 6.02. The van der Waals surface area contributed by atoms with Gasteiger partial charge in [-0.25, -0.2) is 0 Å². The van der Waals surface area contributed by atoms with Crippen LogP contribution in [0.2, 0.25) is 0 Å². The zero-order valence-electron chi connectivity index (χ0n) is 14.6. The molecule has 2 aromatic carbocycles. The first-order chi connectivity index (χ1) is 12.5. The predicted molar refractivity (Wildman–Crippen MR) is 94.5 cm³/mol. The summed E-state index contributed by atoms with van der Waals surface area (Å²) in [5, 5.41) is 3.45. The molecule has 4 nitrogen and oxygen atoms in total. The van der Waals surface area contributed by atoms with Gasteiger partial charge in [-0.1, -0.05) is 12.1 Å². The van der Waals surface area contributed by atoms with E-state index in [1.54, 1.807) is 13.8 Å². The molecule has 4 rings (SSSR count). The van der Waals surface area contributed by atoms with E-state index in [4.69, 9.17) is 0 Å². The van der Waals surface area contributed by atoms with Crippen LogP contribution in [0.15, 0.2) is 36.4 Å². The number of anilines is 1. The van der Waals surface area contributed by atoms with Crippen molar-refractivity contribution in [1.29, 1.82) is 0 Å². The van der Waals surface area contributed by atoms with Crippen molar-refractivity contribution >= 4 is 11.6 Å². The summed E-state index contributed by atoms with van der Waals surface area (Å²) in [5.74, 6) is 0.208. The summed E-state index contributed by atoms with van der Waals surface area (Å²) < 4.78 is 29.9. The second-order valence-electron chi connectivity index (χ2n) is 6.90. The van der Waals surface area contributed by atoms with Crippen LogP contribution >= 0.6 is 0 Å². The number of rotatable bonds is 4. The third kappa shape index (κ3) is 2.89. The van der Waals surface area contributed by atoms with E-state index in [0.717, 1.165) is 24.1 Å². The lowest BCUT2D eigenvalue weighted by molar-refractivity contribution is -0.0507. The molecule has 1 unspecified atom stereocenters. The molecule has 0 aromatic heterocycles. The number of ether oxygens (including phenoxy) is 1. The summed E-state index contributed by atoms with van der Waals surface area (Å²) in [6, 6.07) is 11.3. The van der Waals surface area contributed by atoms with Gasteiger partial charge in [0.2, 0.25) is 0 Å². The highest BCUT2D eigenvalue weighted by atomic mass is 19.3. The quantitative estimate of drug-likeness (QED) is 0.866. The fourth-order valence-electron chi connectivity index (χ4n) is 3.66. The molecule has 1 fully saturated rings. The Bertz CT molecular complexity index is 842. The van der Waals surface area contributed by atoms with Gasteiger partial charge in [0.15, 0.2) is 0 Å². The molecule has 1 atom stereocenters. The molecule has 1 amide bonds. The molecule has 1 aliphatic heterocycles. The minimum Gasteiger partial charge on any atom is -0.434 e. The lowest BCUT2D eigenvalue weighted by Gasteiger charge is -2.38. The molecule has 0 spiro atoms. The van der Waals surface area contributed by atoms with E-state index in [1.165, 1.54) is 0 Å². The number of benzene rings is 2. The van der Waals surface area contributed by atoms with Crippen LogP contribution in [0.3, 0.4) is 0 Å². The van der Waals surface area contributed by atoms with Gasteiger partial charge in [-0.15, -0.1) is 0 Å². The topological polar surface area (TPSA) is 41.6 Å². The van der Waals surface area contributed by atoms with E-state index in [2.05, 4.69) is 10.1 Å². The Labute approximate surface area is 150 Å². The van der Waals surface area contributed by atoms with E-state index in [1.807, 2.05) is 41.3 Å². The number of nitrogens with zero attached hydrogens (tertiary/aromatic N) is 1. The fraction of sp³-hybridized carbons (Fsp3) is 0.350. The molecule has 1 saturated carbocycles. The molecule has 2 aromatic rings. The van der Waals surface area contributed by atoms with Crippen LogP contribution in [0.5, 0.6) is 5.75 Å². The average molecular weight is 358 g/mol. The van der Waals surface area contributed by atoms with Crippen molar-refractivity contribution in [1.82, 2.24) is 4.90 Å². The van der Waals surface area contributed by atoms with Gasteiger partial charge in [0.1, 0.15) is 11.9 Å². The van der Waals surface area contributed by atoms with Crippen molar-refractivity contribution in [3.63, 3.8) is 0 Å². The zero-order valence-corrected chi connectivity index (χ0v) is 14.6. The Morgan fingerprint density at radius 3 is 2.42 bits per heavy atom. The van der Waals surface area contributed by atoms with Crippen LogP contribution in [0.4, 0.5) is 14.5 Å². The molecule has 136 valence electrons. The number of aryl methyl sites for hydroxylation is 2. The maximum Gasteiger partial charge on any atom is 0.387 e. The highest BCUT2D eigenvalue weighted by Gasteiger charge is 2.42. The second-order valence-corrected chi connectivity index (χ2v) is 6.90. The second kappa shape index (κ2) is 6.27. The summed E-state index contributed by atoms with van der Waals surface area (Å²) in [5.41, 5.74) is 3.59. The lowest BCUT2D eigenvalue weighted by atomic mass is 9.99. The van der Waals surface area contributed by atoms with Gasteiger partial charge in [0.05, 0.1) is 5.56 Å². The number of hydrogen-bond donors (Lipinski definition) is 1.